The summed E-state index contributed by atoms with van der Waals surface area (Å²) in [4.78, 5) is 25.4. The Bertz CT molecular complexity index is 1180. The minimum absolute atomic E-state index is 0.00215. The molecular formula is C28H30O5. The lowest BCUT2D eigenvalue weighted by atomic mass is 9.91. The highest BCUT2D eigenvalue weighted by molar-refractivity contribution is 5.99. The van der Waals surface area contributed by atoms with E-state index >= 15 is 0 Å². The zero-order valence-corrected chi connectivity index (χ0v) is 20.3. The van der Waals surface area contributed by atoms with Gasteiger partial charge in [-0.3, -0.25) is 4.79 Å². The van der Waals surface area contributed by atoms with Crippen molar-refractivity contribution in [3.8, 4) is 17.2 Å². The van der Waals surface area contributed by atoms with Gasteiger partial charge in [-0.25, -0.2) is 4.79 Å². The van der Waals surface area contributed by atoms with E-state index in [4.69, 9.17) is 14.2 Å². The number of benzene rings is 3. The smallest absolute Gasteiger partial charge is 0.347 e. The quantitative estimate of drug-likeness (QED) is 0.244. The van der Waals surface area contributed by atoms with Crippen LogP contribution in [0.3, 0.4) is 0 Å². The minimum Gasteiger partial charge on any atom is -0.496 e. The average Bonchev–Trinajstić information content (AvgIpc) is 2.79. The molecule has 0 N–H and O–H groups in total. The number of ether oxygens (including phenoxy) is 3. The van der Waals surface area contributed by atoms with Crippen LogP contribution in [0.1, 0.15) is 61.0 Å². The summed E-state index contributed by atoms with van der Waals surface area (Å²) in [6.45, 7) is 11.3. The number of methoxy groups -OCH3 is 1. The summed E-state index contributed by atoms with van der Waals surface area (Å²) in [5.74, 6) is 0.949. The van der Waals surface area contributed by atoms with E-state index in [0.29, 0.717) is 40.5 Å². The second-order valence-electron chi connectivity index (χ2n) is 8.24. The summed E-state index contributed by atoms with van der Waals surface area (Å²) in [7, 11) is 1.51. The molecule has 0 aliphatic rings. The van der Waals surface area contributed by atoms with Gasteiger partial charge in [0.25, 0.3) is 0 Å². The number of esters is 1. The Kier molecular flexibility index (Phi) is 7.22. The summed E-state index contributed by atoms with van der Waals surface area (Å²) in [5, 5.41) is 0. The van der Waals surface area contributed by atoms with Crippen LogP contribution in [0.2, 0.25) is 0 Å². The molecule has 0 saturated heterocycles. The Hall–Kier alpha value is -3.60. The van der Waals surface area contributed by atoms with Crippen LogP contribution < -0.4 is 14.2 Å². The van der Waals surface area contributed by atoms with Crippen molar-refractivity contribution in [2.75, 3.05) is 7.11 Å². The summed E-state index contributed by atoms with van der Waals surface area (Å²) in [5.41, 5.74) is 5.94. The standard InChI is InChI=1S/C28H30O5/c1-16-13-23(32-15-22-11-9-8-10-12-22)14-24(31-7)25(16)28(30)33-27-19(4)17(2)26(21(6)29)18(3)20(27)5/h8-14H,15H2,1-7H3. The van der Waals surface area contributed by atoms with Gasteiger partial charge in [-0.15, -0.1) is 0 Å². The van der Waals surface area contributed by atoms with Gasteiger partial charge in [0.1, 0.15) is 29.4 Å². The molecule has 0 spiro atoms. The van der Waals surface area contributed by atoms with E-state index in [1.165, 1.54) is 7.11 Å². The third-order valence-corrected chi connectivity index (χ3v) is 6.05. The average molecular weight is 447 g/mol. The molecule has 3 aromatic rings. The molecule has 0 fully saturated rings. The van der Waals surface area contributed by atoms with E-state index in [9.17, 15) is 9.59 Å². The molecule has 5 nitrogen and oxygen atoms in total. The van der Waals surface area contributed by atoms with E-state index in [1.54, 1.807) is 19.1 Å². The van der Waals surface area contributed by atoms with E-state index in [1.807, 2.05) is 65.0 Å². The van der Waals surface area contributed by atoms with Crippen LogP contribution in [0.15, 0.2) is 42.5 Å². The number of rotatable bonds is 7. The van der Waals surface area contributed by atoms with Crippen molar-refractivity contribution in [3.63, 3.8) is 0 Å². The van der Waals surface area contributed by atoms with Crippen molar-refractivity contribution >= 4 is 11.8 Å². The predicted molar refractivity (Wildman–Crippen MR) is 129 cm³/mol. The van der Waals surface area contributed by atoms with Gasteiger partial charge >= 0.3 is 5.97 Å². The van der Waals surface area contributed by atoms with Gasteiger partial charge in [-0.1, -0.05) is 30.3 Å². The molecule has 0 radical (unpaired) electrons. The maximum absolute atomic E-state index is 13.2. The van der Waals surface area contributed by atoms with Crippen molar-refractivity contribution in [1.29, 1.82) is 0 Å². The first-order valence-electron chi connectivity index (χ1n) is 10.8. The molecule has 5 heteroatoms. The maximum Gasteiger partial charge on any atom is 0.347 e. The number of hydrogen-bond donors (Lipinski definition) is 0. The summed E-state index contributed by atoms with van der Waals surface area (Å²) < 4.78 is 17.3. The Morgan fingerprint density at radius 2 is 1.42 bits per heavy atom. The molecule has 0 aliphatic heterocycles. The third kappa shape index (κ3) is 4.92. The number of aryl methyl sites for hydroxylation is 1. The van der Waals surface area contributed by atoms with Crippen LogP contribution in [0.4, 0.5) is 0 Å². The first kappa shape index (κ1) is 24.1. The van der Waals surface area contributed by atoms with Crippen LogP contribution >= 0.6 is 0 Å². The Morgan fingerprint density at radius 3 is 1.97 bits per heavy atom. The molecule has 0 heterocycles. The van der Waals surface area contributed by atoms with Crippen LogP contribution in [0, 0.1) is 34.6 Å². The van der Waals surface area contributed by atoms with Crippen molar-refractivity contribution in [1.82, 2.24) is 0 Å². The zero-order chi connectivity index (χ0) is 24.3. The van der Waals surface area contributed by atoms with Gasteiger partial charge in [0.2, 0.25) is 0 Å². The molecule has 172 valence electrons. The summed E-state index contributed by atoms with van der Waals surface area (Å²) >= 11 is 0. The zero-order valence-electron chi connectivity index (χ0n) is 20.3. The number of Topliss-reactive ketones (excluding diaryl/α,β-unsaturated/α-hetero) is 1. The fraction of sp³-hybridized carbons (Fsp3) is 0.286. The maximum atomic E-state index is 13.2. The lowest BCUT2D eigenvalue weighted by molar-refractivity contribution is 0.0727. The van der Waals surface area contributed by atoms with E-state index in [-0.39, 0.29) is 5.78 Å². The molecule has 0 atom stereocenters. The monoisotopic (exact) mass is 446 g/mol. The first-order valence-corrected chi connectivity index (χ1v) is 10.8. The van der Waals surface area contributed by atoms with Crippen LogP contribution in [0.5, 0.6) is 17.2 Å². The van der Waals surface area contributed by atoms with Crippen LogP contribution in [-0.2, 0) is 6.61 Å². The van der Waals surface area contributed by atoms with Gasteiger partial charge in [0, 0.05) is 11.6 Å². The largest absolute Gasteiger partial charge is 0.496 e. The van der Waals surface area contributed by atoms with Gasteiger partial charge in [0.05, 0.1) is 7.11 Å². The van der Waals surface area contributed by atoms with E-state index < -0.39 is 5.97 Å². The third-order valence-electron chi connectivity index (χ3n) is 6.05. The predicted octanol–water partition coefficient (Wildman–Crippen LogP) is 6.24. The molecule has 3 aromatic carbocycles. The van der Waals surface area contributed by atoms with Gasteiger partial charge in [0.15, 0.2) is 5.78 Å². The summed E-state index contributed by atoms with van der Waals surface area (Å²) in [6, 6.07) is 13.3. The molecule has 0 aromatic heterocycles. The van der Waals surface area contributed by atoms with Crippen molar-refractivity contribution in [2.45, 2.75) is 48.1 Å². The normalized spacial score (nSPS) is 10.6. The Labute approximate surface area is 195 Å². The van der Waals surface area contributed by atoms with Gasteiger partial charge in [-0.2, -0.15) is 0 Å². The number of carbonyl (C=O) groups excluding carboxylic acids is 2. The van der Waals surface area contributed by atoms with Crippen molar-refractivity contribution in [2.24, 2.45) is 0 Å². The van der Waals surface area contributed by atoms with Crippen molar-refractivity contribution in [3.05, 3.63) is 87.0 Å². The fourth-order valence-corrected chi connectivity index (χ4v) is 4.07. The van der Waals surface area contributed by atoms with E-state index in [0.717, 1.165) is 27.8 Å². The van der Waals surface area contributed by atoms with Crippen LogP contribution in [0.25, 0.3) is 0 Å². The Balaban J connectivity index is 1.92. The summed E-state index contributed by atoms with van der Waals surface area (Å²) in [6.07, 6.45) is 0. The Morgan fingerprint density at radius 1 is 0.818 bits per heavy atom. The lowest BCUT2D eigenvalue weighted by Crippen LogP contribution is -2.15. The number of ketones is 1. The van der Waals surface area contributed by atoms with Gasteiger partial charge < -0.3 is 14.2 Å². The topological polar surface area (TPSA) is 61.8 Å². The van der Waals surface area contributed by atoms with Gasteiger partial charge in [-0.05, 0) is 81.0 Å². The van der Waals surface area contributed by atoms with E-state index in [2.05, 4.69) is 0 Å². The second kappa shape index (κ2) is 9.90. The molecule has 3 rings (SSSR count). The highest BCUT2D eigenvalue weighted by Gasteiger charge is 2.24. The molecule has 0 saturated carbocycles. The lowest BCUT2D eigenvalue weighted by Gasteiger charge is -2.20. The minimum atomic E-state index is -0.514. The first-order chi connectivity index (χ1) is 15.6. The second-order valence-corrected chi connectivity index (χ2v) is 8.24. The molecular weight excluding hydrogens is 416 g/mol. The number of hydrogen-bond acceptors (Lipinski definition) is 5. The molecule has 0 aliphatic carbocycles. The highest BCUT2D eigenvalue weighted by atomic mass is 16.5. The fourth-order valence-electron chi connectivity index (χ4n) is 4.07. The molecule has 0 unspecified atom stereocenters. The molecule has 0 bridgehead atoms. The van der Waals surface area contributed by atoms with Crippen molar-refractivity contribution < 1.29 is 23.8 Å². The number of carbonyl (C=O) groups is 2. The highest BCUT2D eigenvalue weighted by Crippen LogP contribution is 2.35. The molecule has 33 heavy (non-hydrogen) atoms. The molecule has 0 amide bonds. The van der Waals surface area contributed by atoms with Crippen LogP contribution in [-0.4, -0.2) is 18.9 Å². The SMILES string of the molecule is COc1cc(OCc2ccccc2)cc(C)c1C(=O)Oc1c(C)c(C)c(C(C)=O)c(C)c1C.